The van der Waals surface area contributed by atoms with Crippen LogP contribution in [0.1, 0.15) is 20.3 Å². The highest BCUT2D eigenvalue weighted by molar-refractivity contribution is 6.66. The average molecular weight is 273 g/mol. The first kappa shape index (κ1) is 15.7. The van der Waals surface area contributed by atoms with E-state index in [9.17, 15) is 0 Å². The predicted octanol–water partition coefficient (Wildman–Crippen LogP) is 2.37. The van der Waals surface area contributed by atoms with Crippen LogP contribution >= 0.6 is 0 Å². The van der Waals surface area contributed by atoms with E-state index in [2.05, 4.69) is 24.9 Å². The number of hydrogen-bond acceptors (Lipinski definition) is 4. The number of nitrogens with zero attached hydrogens (tertiary/aromatic N) is 1. The van der Waals surface area contributed by atoms with Gasteiger partial charge in [0.1, 0.15) is 0 Å². The van der Waals surface area contributed by atoms with Crippen molar-refractivity contribution in [1.29, 1.82) is 0 Å². The van der Waals surface area contributed by atoms with E-state index in [4.69, 9.17) is 13.6 Å². The third-order valence-electron chi connectivity index (χ3n) is 3.19. The molecule has 0 radical (unpaired) electrons. The fourth-order valence-corrected chi connectivity index (χ4v) is 4.83. The number of ether oxygens (including phenoxy) is 1. The zero-order chi connectivity index (χ0) is 13.4. The summed E-state index contributed by atoms with van der Waals surface area (Å²) in [5.74, 6) is 0. The molecule has 1 aliphatic rings. The minimum absolute atomic E-state index is 0.0893. The Hall–Kier alpha value is -0.363. The zero-order valence-electron chi connectivity index (χ0n) is 12.0. The largest absolute Gasteiger partial charge is 0.395 e. The van der Waals surface area contributed by atoms with E-state index in [1.165, 1.54) is 0 Å². The standard InChI is InChI=1S/C13H27NO3Si/c1-5-14(6-2)11-13-12-15-9-8-10-18(4,17-13)16-7-3/h5,13H,1,6-12H2,2-4H3. The zero-order valence-corrected chi connectivity index (χ0v) is 13.0. The van der Waals surface area contributed by atoms with Crippen molar-refractivity contribution in [1.82, 2.24) is 4.90 Å². The number of rotatable bonds is 6. The molecule has 0 aliphatic carbocycles. The normalized spacial score (nSPS) is 29.4. The lowest BCUT2D eigenvalue weighted by Gasteiger charge is -2.35. The summed E-state index contributed by atoms with van der Waals surface area (Å²) in [5, 5.41) is 0. The minimum atomic E-state index is -2.02. The molecule has 0 bridgehead atoms. The first-order valence-electron chi connectivity index (χ1n) is 6.89. The van der Waals surface area contributed by atoms with E-state index >= 15 is 0 Å². The summed E-state index contributed by atoms with van der Waals surface area (Å²) >= 11 is 0. The molecule has 1 rings (SSSR count). The molecule has 0 aromatic carbocycles. The quantitative estimate of drug-likeness (QED) is 0.695. The Bertz CT molecular complexity index is 252. The second-order valence-electron chi connectivity index (χ2n) is 4.76. The van der Waals surface area contributed by atoms with Gasteiger partial charge in [-0.25, -0.2) is 0 Å². The summed E-state index contributed by atoms with van der Waals surface area (Å²) in [6.07, 6.45) is 2.99. The molecule has 0 saturated carbocycles. The van der Waals surface area contributed by atoms with Crippen molar-refractivity contribution in [3.05, 3.63) is 12.8 Å². The van der Waals surface area contributed by atoms with Crippen LogP contribution in [0, 0.1) is 0 Å². The first-order chi connectivity index (χ1) is 8.63. The van der Waals surface area contributed by atoms with Crippen molar-refractivity contribution < 1.29 is 13.6 Å². The van der Waals surface area contributed by atoms with Crippen LogP contribution in [0.4, 0.5) is 0 Å². The molecular formula is C13H27NO3Si. The van der Waals surface area contributed by atoms with Gasteiger partial charge in [0.15, 0.2) is 0 Å². The molecule has 1 heterocycles. The van der Waals surface area contributed by atoms with Crippen molar-refractivity contribution in [2.75, 3.05) is 32.9 Å². The summed E-state index contributed by atoms with van der Waals surface area (Å²) in [6, 6.07) is 1.01. The van der Waals surface area contributed by atoms with Crippen LogP contribution in [0.15, 0.2) is 12.8 Å². The molecule has 2 atom stereocenters. The van der Waals surface area contributed by atoms with Crippen LogP contribution in [0.2, 0.25) is 12.6 Å². The van der Waals surface area contributed by atoms with Gasteiger partial charge in [0.05, 0.1) is 12.7 Å². The van der Waals surface area contributed by atoms with Gasteiger partial charge in [-0.15, -0.1) is 0 Å². The third kappa shape index (κ3) is 5.10. The average Bonchev–Trinajstić information content (AvgIpc) is 2.32. The summed E-state index contributed by atoms with van der Waals surface area (Å²) in [4.78, 5) is 2.15. The number of likely N-dealkylation sites (N-methyl/N-ethyl adjacent to an activating group) is 1. The van der Waals surface area contributed by atoms with Crippen molar-refractivity contribution in [2.24, 2.45) is 0 Å². The Morgan fingerprint density at radius 2 is 2.28 bits per heavy atom. The van der Waals surface area contributed by atoms with E-state index in [-0.39, 0.29) is 6.10 Å². The van der Waals surface area contributed by atoms with E-state index in [1.807, 2.05) is 13.1 Å². The summed E-state index contributed by atoms with van der Waals surface area (Å²) < 4.78 is 17.8. The van der Waals surface area contributed by atoms with Crippen molar-refractivity contribution in [3.63, 3.8) is 0 Å². The molecule has 4 nitrogen and oxygen atoms in total. The highest BCUT2D eigenvalue weighted by Crippen LogP contribution is 2.21. The van der Waals surface area contributed by atoms with Gasteiger partial charge in [-0.2, -0.15) is 0 Å². The molecule has 106 valence electrons. The Morgan fingerprint density at radius 1 is 1.50 bits per heavy atom. The van der Waals surface area contributed by atoms with E-state index in [0.29, 0.717) is 6.61 Å². The van der Waals surface area contributed by atoms with Crippen LogP contribution in [0.25, 0.3) is 0 Å². The third-order valence-corrected chi connectivity index (χ3v) is 6.18. The van der Waals surface area contributed by atoms with Crippen LogP contribution < -0.4 is 0 Å². The van der Waals surface area contributed by atoms with Crippen LogP contribution in [0.5, 0.6) is 0 Å². The Balaban J connectivity index is 2.60. The molecular weight excluding hydrogens is 246 g/mol. The van der Waals surface area contributed by atoms with E-state index in [0.717, 1.165) is 38.8 Å². The molecule has 0 amide bonds. The van der Waals surface area contributed by atoms with Gasteiger partial charge in [0, 0.05) is 26.3 Å². The minimum Gasteiger partial charge on any atom is -0.395 e. The lowest BCUT2D eigenvalue weighted by molar-refractivity contribution is 0.00417. The maximum Gasteiger partial charge on any atom is 0.335 e. The van der Waals surface area contributed by atoms with Crippen molar-refractivity contribution >= 4 is 8.56 Å². The van der Waals surface area contributed by atoms with Crippen LogP contribution in [0.3, 0.4) is 0 Å². The molecule has 5 heteroatoms. The smallest absolute Gasteiger partial charge is 0.335 e. The van der Waals surface area contributed by atoms with Gasteiger partial charge in [-0.1, -0.05) is 6.58 Å². The lowest BCUT2D eigenvalue weighted by Crippen LogP contribution is -2.48. The molecule has 1 aliphatic heterocycles. The second-order valence-corrected chi connectivity index (χ2v) is 8.05. The lowest BCUT2D eigenvalue weighted by atomic mass is 10.3. The maximum absolute atomic E-state index is 6.26. The topological polar surface area (TPSA) is 30.9 Å². The van der Waals surface area contributed by atoms with Crippen LogP contribution in [-0.2, 0) is 13.6 Å². The molecule has 2 unspecified atom stereocenters. The molecule has 0 N–H and O–H groups in total. The SMILES string of the molecule is C=CN(CC)CC1COCCC[Si](C)(OCC)O1. The number of hydrogen-bond donors (Lipinski definition) is 0. The molecule has 0 aromatic heterocycles. The first-order valence-corrected chi connectivity index (χ1v) is 9.42. The molecule has 0 aromatic rings. The van der Waals surface area contributed by atoms with Gasteiger partial charge >= 0.3 is 8.56 Å². The van der Waals surface area contributed by atoms with Crippen molar-refractivity contribution in [3.8, 4) is 0 Å². The Morgan fingerprint density at radius 3 is 2.89 bits per heavy atom. The molecule has 1 fully saturated rings. The second kappa shape index (κ2) is 7.94. The molecule has 18 heavy (non-hydrogen) atoms. The van der Waals surface area contributed by atoms with Gasteiger partial charge in [0.2, 0.25) is 0 Å². The monoisotopic (exact) mass is 273 g/mol. The fraction of sp³-hybridized carbons (Fsp3) is 0.846. The fourth-order valence-electron chi connectivity index (χ4n) is 2.25. The highest BCUT2D eigenvalue weighted by Gasteiger charge is 2.35. The predicted molar refractivity (Wildman–Crippen MR) is 75.8 cm³/mol. The molecule has 1 saturated heterocycles. The van der Waals surface area contributed by atoms with Gasteiger partial charge in [-0.3, -0.25) is 0 Å². The Labute approximate surface area is 112 Å². The van der Waals surface area contributed by atoms with E-state index < -0.39 is 8.56 Å². The summed E-state index contributed by atoms with van der Waals surface area (Å²) in [6.45, 7) is 14.1. The van der Waals surface area contributed by atoms with Gasteiger partial charge < -0.3 is 18.5 Å². The summed E-state index contributed by atoms with van der Waals surface area (Å²) in [7, 11) is -2.02. The van der Waals surface area contributed by atoms with E-state index in [1.54, 1.807) is 0 Å². The highest BCUT2D eigenvalue weighted by atomic mass is 28.4. The summed E-state index contributed by atoms with van der Waals surface area (Å²) in [5.41, 5.74) is 0. The van der Waals surface area contributed by atoms with Gasteiger partial charge in [-0.05, 0) is 39.1 Å². The Kier molecular flexibility index (Phi) is 6.92. The maximum atomic E-state index is 6.26. The van der Waals surface area contributed by atoms with Crippen LogP contribution in [-0.4, -0.2) is 52.5 Å². The molecule has 0 spiro atoms. The van der Waals surface area contributed by atoms with Crippen molar-refractivity contribution in [2.45, 2.75) is 39.0 Å². The van der Waals surface area contributed by atoms with Gasteiger partial charge in [0.25, 0.3) is 0 Å².